The number of aromatic hydroxyl groups is 1. The fourth-order valence-corrected chi connectivity index (χ4v) is 1.16. The summed E-state index contributed by atoms with van der Waals surface area (Å²) in [6.45, 7) is -0.433. The molecule has 1 rings (SSSR count). The van der Waals surface area contributed by atoms with E-state index in [-0.39, 0.29) is 11.3 Å². The number of alkyl halides is 3. The van der Waals surface area contributed by atoms with Gasteiger partial charge in [0, 0.05) is 19.8 Å². The summed E-state index contributed by atoms with van der Waals surface area (Å²) < 4.78 is 35.9. The second-order valence-electron chi connectivity index (χ2n) is 3.52. The number of amides is 1. The van der Waals surface area contributed by atoms with Crippen molar-refractivity contribution >= 4 is 5.91 Å². The molecule has 0 atom stereocenters. The Bertz CT molecular complexity index is 407. The van der Waals surface area contributed by atoms with Crippen LogP contribution in [-0.2, 0) is 0 Å². The summed E-state index contributed by atoms with van der Waals surface area (Å²) in [6.07, 6.45) is -3.05. The molecule has 1 amide bonds. The summed E-state index contributed by atoms with van der Waals surface area (Å²) in [5.41, 5.74) is 0.0506. The number of rotatable bonds is 3. The van der Waals surface area contributed by atoms with Crippen LogP contribution < -0.4 is 0 Å². The highest BCUT2D eigenvalue weighted by Gasteiger charge is 2.28. The molecule has 0 bridgehead atoms. The molecule has 0 aliphatic rings. The van der Waals surface area contributed by atoms with Crippen molar-refractivity contribution in [2.75, 3.05) is 13.6 Å². The SMILES string of the molecule is CN(CCC(F)(F)F)C(=O)c1cncc(O)c1. The summed E-state index contributed by atoms with van der Waals surface area (Å²) in [5, 5.41) is 9.09. The van der Waals surface area contributed by atoms with Crippen LogP contribution in [0.1, 0.15) is 16.8 Å². The van der Waals surface area contributed by atoms with Gasteiger partial charge in [0.1, 0.15) is 5.75 Å². The van der Waals surface area contributed by atoms with E-state index in [0.29, 0.717) is 0 Å². The molecule has 1 heterocycles. The van der Waals surface area contributed by atoms with Crippen LogP contribution in [0.4, 0.5) is 13.2 Å². The Labute approximate surface area is 95.7 Å². The number of halogens is 3. The van der Waals surface area contributed by atoms with Crippen molar-refractivity contribution in [3.8, 4) is 5.75 Å². The van der Waals surface area contributed by atoms with Gasteiger partial charge in [0.2, 0.25) is 0 Å². The molecule has 0 saturated heterocycles. The van der Waals surface area contributed by atoms with E-state index in [2.05, 4.69) is 4.98 Å². The molecular formula is C10H11F3N2O2. The maximum atomic E-state index is 12.0. The first-order valence-corrected chi connectivity index (χ1v) is 4.76. The van der Waals surface area contributed by atoms with Crippen LogP contribution in [0.25, 0.3) is 0 Å². The Balaban J connectivity index is 2.64. The average molecular weight is 248 g/mol. The number of carbonyl (C=O) groups excluding carboxylic acids is 1. The third-order valence-electron chi connectivity index (χ3n) is 2.05. The standard InChI is InChI=1S/C10H11F3N2O2/c1-15(3-2-10(11,12)13)9(17)7-4-8(16)6-14-5-7/h4-6,16H,2-3H2,1H3. The molecule has 94 valence electrons. The Hall–Kier alpha value is -1.79. The molecule has 0 spiro atoms. The van der Waals surface area contributed by atoms with Gasteiger partial charge in [-0.05, 0) is 6.07 Å². The van der Waals surface area contributed by atoms with Gasteiger partial charge in [0.25, 0.3) is 5.91 Å². The van der Waals surface area contributed by atoms with E-state index in [0.717, 1.165) is 17.2 Å². The number of hydrogen-bond acceptors (Lipinski definition) is 3. The maximum absolute atomic E-state index is 12.0. The quantitative estimate of drug-likeness (QED) is 0.887. The number of hydrogen-bond donors (Lipinski definition) is 1. The van der Waals surface area contributed by atoms with Crippen molar-refractivity contribution in [2.24, 2.45) is 0 Å². The Morgan fingerprint density at radius 1 is 1.47 bits per heavy atom. The predicted molar refractivity (Wildman–Crippen MR) is 53.5 cm³/mol. The molecule has 7 heteroatoms. The van der Waals surface area contributed by atoms with Crippen LogP contribution in [0.15, 0.2) is 18.5 Å². The third kappa shape index (κ3) is 4.29. The largest absolute Gasteiger partial charge is 0.506 e. The molecule has 17 heavy (non-hydrogen) atoms. The lowest BCUT2D eigenvalue weighted by Crippen LogP contribution is -2.30. The minimum absolute atomic E-state index is 0.0506. The van der Waals surface area contributed by atoms with Crippen molar-refractivity contribution in [3.63, 3.8) is 0 Å². The van der Waals surface area contributed by atoms with E-state index in [1.807, 2.05) is 0 Å². The Kier molecular flexibility index (Phi) is 3.93. The topological polar surface area (TPSA) is 53.4 Å². The van der Waals surface area contributed by atoms with E-state index in [1.165, 1.54) is 13.2 Å². The predicted octanol–water partition coefficient (Wildman–Crippen LogP) is 1.81. The summed E-state index contributed by atoms with van der Waals surface area (Å²) in [4.78, 5) is 16.1. The van der Waals surface area contributed by atoms with Crippen molar-refractivity contribution in [1.82, 2.24) is 9.88 Å². The van der Waals surface area contributed by atoms with Crippen LogP contribution in [0.5, 0.6) is 5.75 Å². The van der Waals surface area contributed by atoms with Crippen LogP contribution in [0.2, 0.25) is 0 Å². The van der Waals surface area contributed by atoms with Crippen LogP contribution in [-0.4, -0.2) is 40.7 Å². The highest BCUT2D eigenvalue weighted by atomic mass is 19.4. The average Bonchev–Trinajstić information content (AvgIpc) is 2.24. The third-order valence-corrected chi connectivity index (χ3v) is 2.05. The lowest BCUT2D eigenvalue weighted by atomic mass is 10.2. The van der Waals surface area contributed by atoms with Gasteiger partial charge in [0.15, 0.2) is 0 Å². The number of carbonyl (C=O) groups is 1. The van der Waals surface area contributed by atoms with Crippen LogP contribution in [0, 0.1) is 0 Å². The van der Waals surface area contributed by atoms with Gasteiger partial charge >= 0.3 is 6.18 Å². The molecule has 0 fully saturated rings. The van der Waals surface area contributed by atoms with Gasteiger partial charge < -0.3 is 10.0 Å². The molecule has 1 aromatic heterocycles. The normalized spacial score (nSPS) is 11.3. The van der Waals surface area contributed by atoms with Crippen molar-refractivity contribution in [1.29, 1.82) is 0 Å². The van der Waals surface area contributed by atoms with Crippen LogP contribution >= 0.6 is 0 Å². The van der Waals surface area contributed by atoms with Gasteiger partial charge in [0.05, 0.1) is 18.2 Å². The summed E-state index contributed by atoms with van der Waals surface area (Å²) in [7, 11) is 1.26. The fraction of sp³-hybridized carbons (Fsp3) is 0.400. The second-order valence-corrected chi connectivity index (χ2v) is 3.52. The van der Waals surface area contributed by atoms with Crippen molar-refractivity contribution in [3.05, 3.63) is 24.0 Å². The van der Waals surface area contributed by atoms with Crippen LogP contribution in [0.3, 0.4) is 0 Å². The van der Waals surface area contributed by atoms with E-state index in [9.17, 15) is 18.0 Å². The minimum Gasteiger partial charge on any atom is -0.506 e. The van der Waals surface area contributed by atoms with Crippen molar-refractivity contribution < 1.29 is 23.1 Å². The van der Waals surface area contributed by atoms with Gasteiger partial charge in [-0.2, -0.15) is 13.2 Å². The zero-order valence-electron chi connectivity index (χ0n) is 9.03. The number of nitrogens with zero attached hydrogens (tertiary/aromatic N) is 2. The highest BCUT2D eigenvalue weighted by molar-refractivity contribution is 5.94. The zero-order chi connectivity index (χ0) is 13.1. The minimum atomic E-state index is -4.30. The molecule has 0 unspecified atom stereocenters. The first-order valence-electron chi connectivity index (χ1n) is 4.76. The number of pyridine rings is 1. The molecule has 4 nitrogen and oxygen atoms in total. The molecule has 0 saturated carbocycles. The van der Waals surface area contributed by atoms with Crippen molar-refractivity contribution in [2.45, 2.75) is 12.6 Å². The molecule has 0 aromatic carbocycles. The van der Waals surface area contributed by atoms with E-state index >= 15 is 0 Å². The highest BCUT2D eigenvalue weighted by Crippen LogP contribution is 2.20. The second kappa shape index (κ2) is 5.03. The summed E-state index contributed by atoms with van der Waals surface area (Å²) >= 11 is 0. The molecule has 0 aliphatic carbocycles. The molecule has 0 aliphatic heterocycles. The molecule has 1 N–H and O–H groups in total. The molecular weight excluding hydrogens is 237 g/mol. The zero-order valence-corrected chi connectivity index (χ0v) is 9.03. The van der Waals surface area contributed by atoms with Gasteiger partial charge in [-0.3, -0.25) is 9.78 Å². The monoisotopic (exact) mass is 248 g/mol. The van der Waals surface area contributed by atoms with E-state index < -0.39 is 25.0 Å². The number of aromatic nitrogens is 1. The molecule has 1 aromatic rings. The van der Waals surface area contributed by atoms with E-state index in [1.54, 1.807) is 0 Å². The first kappa shape index (κ1) is 13.3. The van der Waals surface area contributed by atoms with Gasteiger partial charge in [-0.25, -0.2) is 0 Å². The Morgan fingerprint density at radius 2 is 2.12 bits per heavy atom. The smallest absolute Gasteiger partial charge is 0.390 e. The summed E-state index contributed by atoms with van der Waals surface area (Å²) in [6, 6.07) is 1.15. The maximum Gasteiger partial charge on any atom is 0.390 e. The van der Waals surface area contributed by atoms with Gasteiger partial charge in [-0.1, -0.05) is 0 Å². The lowest BCUT2D eigenvalue weighted by molar-refractivity contribution is -0.136. The summed E-state index contributed by atoms with van der Waals surface area (Å²) in [5.74, 6) is -0.822. The lowest BCUT2D eigenvalue weighted by Gasteiger charge is -2.17. The fourth-order valence-electron chi connectivity index (χ4n) is 1.16. The Morgan fingerprint density at radius 3 is 2.65 bits per heavy atom. The van der Waals surface area contributed by atoms with E-state index in [4.69, 9.17) is 5.11 Å². The first-order chi connectivity index (χ1) is 7.79. The molecule has 0 radical (unpaired) electrons. The van der Waals surface area contributed by atoms with Gasteiger partial charge in [-0.15, -0.1) is 0 Å².